The number of aryl methyl sites for hydroxylation is 1. The fourth-order valence-corrected chi connectivity index (χ4v) is 3.71. The van der Waals surface area contributed by atoms with Gasteiger partial charge in [-0.05, 0) is 37.1 Å². The van der Waals surface area contributed by atoms with E-state index in [1.807, 2.05) is 36.1 Å². The number of nitrogens with zero attached hydrogens (tertiary/aromatic N) is 2. The minimum Gasteiger partial charge on any atom is -0.497 e. The largest absolute Gasteiger partial charge is 0.497 e. The fourth-order valence-electron chi connectivity index (χ4n) is 3.71. The van der Waals surface area contributed by atoms with Crippen LogP contribution in [0, 0.1) is 0 Å². The lowest BCUT2D eigenvalue weighted by atomic mass is 10.1. The minimum absolute atomic E-state index is 0.0976. The maximum absolute atomic E-state index is 13.0. The second-order valence-corrected chi connectivity index (χ2v) is 7.28. The Morgan fingerprint density at radius 1 is 0.903 bits per heavy atom. The van der Waals surface area contributed by atoms with Gasteiger partial charge in [-0.15, -0.1) is 0 Å². The quantitative estimate of drug-likeness (QED) is 0.649. The highest BCUT2D eigenvalue weighted by molar-refractivity contribution is 5.97. The van der Waals surface area contributed by atoms with Gasteiger partial charge in [0.25, 0.3) is 5.91 Å². The number of carbonyl (C=O) groups excluding carboxylic acids is 2. The van der Waals surface area contributed by atoms with Crippen LogP contribution in [-0.2, 0) is 11.2 Å². The Bertz CT molecular complexity index is 907. The van der Waals surface area contributed by atoms with E-state index in [1.165, 1.54) is 7.11 Å². The Labute approximate surface area is 183 Å². The van der Waals surface area contributed by atoms with Crippen molar-refractivity contribution in [1.29, 1.82) is 0 Å². The van der Waals surface area contributed by atoms with Crippen LogP contribution in [0.3, 0.4) is 0 Å². The third kappa shape index (κ3) is 5.48. The van der Waals surface area contributed by atoms with Crippen molar-refractivity contribution >= 4 is 11.8 Å². The number of para-hydroxylation sites is 1. The van der Waals surface area contributed by atoms with Crippen LogP contribution in [0.25, 0.3) is 0 Å². The molecule has 0 saturated carbocycles. The van der Waals surface area contributed by atoms with Gasteiger partial charge < -0.3 is 24.0 Å². The van der Waals surface area contributed by atoms with Crippen LogP contribution >= 0.6 is 0 Å². The molecule has 2 aromatic carbocycles. The summed E-state index contributed by atoms with van der Waals surface area (Å²) in [6.07, 6.45) is 1.06. The molecule has 0 aromatic heterocycles. The lowest BCUT2D eigenvalue weighted by molar-refractivity contribution is -0.132. The molecule has 2 amide bonds. The Balaban J connectivity index is 1.55. The van der Waals surface area contributed by atoms with Gasteiger partial charge in [-0.1, -0.05) is 18.2 Å². The monoisotopic (exact) mass is 426 g/mol. The van der Waals surface area contributed by atoms with E-state index in [2.05, 4.69) is 0 Å². The molecule has 3 rings (SSSR count). The molecule has 1 aliphatic heterocycles. The highest BCUT2D eigenvalue weighted by Gasteiger charge is 2.26. The molecular weight excluding hydrogens is 396 g/mol. The molecule has 0 unspecified atom stereocenters. The first-order valence-electron chi connectivity index (χ1n) is 10.6. The molecule has 7 heteroatoms. The first kappa shape index (κ1) is 22.5. The molecule has 1 aliphatic rings. The van der Waals surface area contributed by atoms with Crippen molar-refractivity contribution in [3.8, 4) is 17.2 Å². The Hall–Kier alpha value is -3.22. The first-order valence-corrected chi connectivity index (χ1v) is 10.6. The number of methoxy groups -OCH3 is 2. The SMILES string of the molecule is CCOc1ccccc1CCC(=O)N1CCN(C(=O)c2ccc(OC)cc2OC)CC1. The fraction of sp³-hybridized carbons (Fsp3) is 0.417. The molecule has 2 aromatic rings. The molecule has 0 aliphatic carbocycles. The lowest BCUT2D eigenvalue weighted by Crippen LogP contribution is -2.50. The van der Waals surface area contributed by atoms with E-state index in [-0.39, 0.29) is 11.8 Å². The standard InChI is InChI=1S/C24H30N2O5/c1-4-31-21-8-6-5-7-18(21)9-12-23(27)25-13-15-26(16-14-25)24(28)20-11-10-19(29-2)17-22(20)30-3/h5-8,10-11,17H,4,9,12-16H2,1-3H3. The van der Waals surface area contributed by atoms with E-state index >= 15 is 0 Å². The summed E-state index contributed by atoms with van der Waals surface area (Å²) >= 11 is 0. The second kappa shape index (κ2) is 10.7. The molecule has 31 heavy (non-hydrogen) atoms. The third-order valence-corrected chi connectivity index (χ3v) is 5.44. The van der Waals surface area contributed by atoms with Gasteiger partial charge in [0, 0.05) is 38.7 Å². The molecule has 0 atom stereocenters. The van der Waals surface area contributed by atoms with Gasteiger partial charge in [0.1, 0.15) is 17.2 Å². The lowest BCUT2D eigenvalue weighted by Gasteiger charge is -2.35. The second-order valence-electron chi connectivity index (χ2n) is 7.28. The summed E-state index contributed by atoms with van der Waals surface area (Å²) in [7, 11) is 3.10. The molecule has 166 valence electrons. The maximum Gasteiger partial charge on any atom is 0.257 e. The van der Waals surface area contributed by atoms with Crippen LogP contribution in [-0.4, -0.2) is 68.6 Å². The first-order chi connectivity index (χ1) is 15.1. The predicted molar refractivity (Wildman–Crippen MR) is 118 cm³/mol. The van der Waals surface area contributed by atoms with Crippen molar-refractivity contribution in [1.82, 2.24) is 9.80 Å². The van der Waals surface area contributed by atoms with Crippen LogP contribution in [0.2, 0.25) is 0 Å². The minimum atomic E-state index is -0.0998. The van der Waals surface area contributed by atoms with Crippen LogP contribution in [0.15, 0.2) is 42.5 Å². The van der Waals surface area contributed by atoms with Gasteiger partial charge in [0.05, 0.1) is 26.4 Å². The topological polar surface area (TPSA) is 68.3 Å². The van der Waals surface area contributed by atoms with E-state index in [9.17, 15) is 9.59 Å². The Morgan fingerprint density at radius 2 is 1.61 bits per heavy atom. The third-order valence-electron chi connectivity index (χ3n) is 5.44. The van der Waals surface area contributed by atoms with Crippen molar-refractivity contribution in [3.63, 3.8) is 0 Å². The van der Waals surface area contributed by atoms with Crippen molar-refractivity contribution in [2.24, 2.45) is 0 Å². The molecule has 1 heterocycles. The van der Waals surface area contributed by atoms with E-state index < -0.39 is 0 Å². The number of amides is 2. The van der Waals surface area contributed by atoms with E-state index in [4.69, 9.17) is 14.2 Å². The van der Waals surface area contributed by atoms with Gasteiger partial charge >= 0.3 is 0 Å². The Morgan fingerprint density at radius 3 is 2.29 bits per heavy atom. The van der Waals surface area contributed by atoms with Gasteiger partial charge in [0.2, 0.25) is 5.91 Å². The zero-order valence-electron chi connectivity index (χ0n) is 18.4. The summed E-state index contributed by atoms with van der Waals surface area (Å²) in [5.74, 6) is 1.95. The number of carbonyl (C=O) groups is 2. The number of rotatable bonds is 8. The summed E-state index contributed by atoms with van der Waals surface area (Å²) in [4.78, 5) is 29.3. The molecule has 0 radical (unpaired) electrons. The van der Waals surface area contributed by atoms with Crippen LogP contribution in [0.4, 0.5) is 0 Å². The molecular formula is C24H30N2O5. The van der Waals surface area contributed by atoms with Crippen molar-refractivity contribution in [3.05, 3.63) is 53.6 Å². The summed E-state index contributed by atoms with van der Waals surface area (Å²) in [5.41, 5.74) is 1.54. The predicted octanol–water partition coefficient (Wildman–Crippen LogP) is 3.02. The van der Waals surface area contributed by atoms with Crippen LogP contribution in [0.1, 0.15) is 29.3 Å². The van der Waals surface area contributed by atoms with Crippen molar-refractivity contribution in [2.75, 3.05) is 47.0 Å². The smallest absolute Gasteiger partial charge is 0.257 e. The number of piperazine rings is 1. The molecule has 7 nitrogen and oxygen atoms in total. The number of hydrogen-bond donors (Lipinski definition) is 0. The average molecular weight is 427 g/mol. The average Bonchev–Trinajstić information content (AvgIpc) is 2.82. The molecule has 1 saturated heterocycles. The number of ether oxygens (including phenoxy) is 3. The maximum atomic E-state index is 13.0. The number of benzene rings is 2. The van der Waals surface area contributed by atoms with Crippen molar-refractivity contribution < 1.29 is 23.8 Å². The Kier molecular flexibility index (Phi) is 7.76. The molecule has 0 N–H and O–H groups in total. The van der Waals surface area contributed by atoms with Gasteiger partial charge in [0.15, 0.2) is 0 Å². The summed E-state index contributed by atoms with van der Waals surface area (Å²) in [6.45, 7) is 4.58. The van der Waals surface area contributed by atoms with E-state index in [1.54, 1.807) is 30.2 Å². The number of hydrogen-bond acceptors (Lipinski definition) is 5. The molecule has 0 bridgehead atoms. The zero-order valence-corrected chi connectivity index (χ0v) is 18.4. The normalized spacial score (nSPS) is 13.6. The molecule has 1 fully saturated rings. The zero-order chi connectivity index (χ0) is 22.2. The van der Waals surface area contributed by atoms with E-state index in [0.717, 1.165) is 11.3 Å². The van der Waals surface area contributed by atoms with Gasteiger partial charge in [-0.25, -0.2) is 0 Å². The summed E-state index contributed by atoms with van der Waals surface area (Å²) in [5, 5.41) is 0. The van der Waals surface area contributed by atoms with Gasteiger partial charge in [-0.3, -0.25) is 9.59 Å². The molecule has 0 spiro atoms. The highest BCUT2D eigenvalue weighted by atomic mass is 16.5. The summed E-state index contributed by atoms with van der Waals surface area (Å²) in [6, 6.07) is 13.0. The van der Waals surface area contributed by atoms with Crippen LogP contribution in [0.5, 0.6) is 17.2 Å². The highest BCUT2D eigenvalue weighted by Crippen LogP contribution is 2.26. The van der Waals surface area contributed by atoms with Crippen LogP contribution < -0.4 is 14.2 Å². The van der Waals surface area contributed by atoms with Gasteiger partial charge in [-0.2, -0.15) is 0 Å². The van der Waals surface area contributed by atoms with Crippen molar-refractivity contribution in [2.45, 2.75) is 19.8 Å². The van der Waals surface area contributed by atoms with E-state index in [0.29, 0.717) is 62.7 Å². The summed E-state index contributed by atoms with van der Waals surface area (Å²) < 4.78 is 16.2.